The molecule has 2 heterocycles. The van der Waals surface area contributed by atoms with Crippen molar-refractivity contribution < 1.29 is 4.79 Å². The third-order valence-corrected chi connectivity index (χ3v) is 6.09. The largest absolute Gasteiger partial charge is 0.322 e. The molecule has 154 valence electrons. The zero-order valence-electron chi connectivity index (χ0n) is 17.7. The maximum atomic E-state index is 13.7. The van der Waals surface area contributed by atoms with Gasteiger partial charge in [0.15, 0.2) is 0 Å². The number of benzene rings is 3. The zero-order chi connectivity index (χ0) is 21.4. The smallest absolute Gasteiger partial charge is 0.318 e. The lowest BCUT2D eigenvalue weighted by atomic mass is 9.97. The van der Waals surface area contributed by atoms with Gasteiger partial charge < -0.3 is 14.8 Å². The number of aryl methyl sites for hydroxylation is 2. The van der Waals surface area contributed by atoms with E-state index in [1.54, 1.807) is 0 Å². The normalized spacial score (nSPS) is 15.0. The Labute approximate surface area is 182 Å². The van der Waals surface area contributed by atoms with Crippen LogP contribution >= 0.6 is 0 Å². The summed E-state index contributed by atoms with van der Waals surface area (Å²) >= 11 is 0. The van der Waals surface area contributed by atoms with Crippen LogP contribution in [0.15, 0.2) is 91.1 Å². The first-order chi connectivity index (χ1) is 15.1. The number of nitrogens with one attached hydrogen (secondary N) is 1. The van der Waals surface area contributed by atoms with Crippen LogP contribution in [0.2, 0.25) is 0 Å². The van der Waals surface area contributed by atoms with Gasteiger partial charge in [-0.2, -0.15) is 0 Å². The van der Waals surface area contributed by atoms with Gasteiger partial charge in [-0.1, -0.05) is 60.7 Å². The predicted molar refractivity (Wildman–Crippen MR) is 125 cm³/mol. The number of rotatable bonds is 2. The van der Waals surface area contributed by atoms with E-state index in [0.29, 0.717) is 6.54 Å². The number of nitrogens with zero attached hydrogens (tertiary/aromatic N) is 2. The van der Waals surface area contributed by atoms with Crippen LogP contribution in [0.5, 0.6) is 0 Å². The summed E-state index contributed by atoms with van der Waals surface area (Å²) < 4.78 is 2.22. The number of anilines is 1. The minimum atomic E-state index is -0.201. The molecule has 1 unspecified atom stereocenters. The van der Waals surface area contributed by atoms with Gasteiger partial charge in [-0.15, -0.1) is 0 Å². The van der Waals surface area contributed by atoms with Crippen LogP contribution in [0.3, 0.4) is 0 Å². The molecule has 1 N–H and O–H groups in total. The first-order valence-electron chi connectivity index (χ1n) is 10.6. The third kappa shape index (κ3) is 3.40. The predicted octanol–water partition coefficient (Wildman–Crippen LogP) is 6.23. The lowest BCUT2D eigenvalue weighted by Crippen LogP contribution is -2.38. The van der Waals surface area contributed by atoms with E-state index in [1.807, 2.05) is 54.3 Å². The fourth-order valence-corrected chi connectivity index (χ4v) is 4.46. The Morgan fingerprint density at radius 2 is 1.55 bits per heavy atom. The number of aromatic nitrogens is 1. The summed E-state index contributed by atoms with van der Waals surface area (Å²) in [7, 11) is 0. The fraction of sp³-hybridized carbons (Fsp3) is 0.148. The van der Waals surface area contributed by atoms with Crippen molar-refractivity contribution in [3.8, 4) is 5.69 Å². The Morgan fingerprint density at radius 1 is 0.839 bits per heavy atom. The molecule has 1 atom stereocenters. The van der Waals surface area contributed by atoms with Crippen LogP contribution in [0.1, 0.15) is 34.0 Å². The fourth-order valence-electron chi connectivity index (χ4n) is 4.46. The summed E-state index contributed by atoms with van der Waals surface area (Å²) in [5.74, 6) is 0. The highest BCUT2D eigenvalue weighted by Gasteiger charge is 2.33. The number of amides is 2. The van der Waals surface area contributed by atoms with Crippen molar-refractivity contribution >= 4 is 11.7 Å². The van der Waals surface area contributed by atoms with E-state index in [9.17, 15) is 4.79 Å². The maximum absolute atomic E-state index is 13.7. The second kappa shape index (κ2) is 7.80. The Hall–Kier alpha value is -3.79. The van der Waals surface area contributed by atoms with Crippen molar-refractivity contribution in [2.75, 3.05) is 5.32 Å². The lowest BCUT2D eigenvalue weighted by molar-refractivity contribution is 0.194. The van der Waals surface area contributed by atoms with Crippen molar-refractivity contribution in [1.82, 2.24) is 9.47 Å². The van der Waals surface area contributed by atoms with Crippen LogP contribution in [-0.2, 0) is 6.54 Å². The Kier molecular flexibility index (Phi) is 4.83. The van der Waals surface area contributed by atoms with Crippen LogP contribution in [0, 0.1) is 13.8 Å². The van der Waals surface area contributed by atoms with E-state index in [0.717, 1.165) is 33.8 Å². The van der Waals surface area contributed by atoms with Gasteiger partial charge in [0.1, 0.15) is 6.04 Å². The number of para-hydroxylation sites is 2. The summed E-state index contributed by atoms with van der Waals surface area (Å²) in [5.41, 5.74) is 7.50. The standard InChI is InChI=1S/C27H25N3O/c1-19-10-3-6-13-22(19)26-25-16-9-17-29(25)24-15-8-5-12-21(24)18-30(26)27(31)28-23-14-7-4-11-20(23)2/h3-17,26H,18H2,1-2H3,(H,28,31). The zero-order valence-corrected chi connectivity index (χ0v) is 17.7. The molecular weight excluding hydrogens is 382 g/mol. The SMILES string of the molecule is Cc1ccccc1NC(=O)N1Cc2ccccc2-n2cccc2C1c1ccccc1C. The minimum Gasteiger partial charge on any atom is -0.318 e. The number of hydrogen-bond acceptors (Lipinski definition) is 1. The van der Waals surface area contributed by atoms with E-state index in [4.69, 9.17) is 0 Å². The van der Waals surface area contributed by atoms with Gasteiger partial charge in [0.2, 0.25) is 0 Å². The summed E-state index contributed by atoms with van der Waals surface area (Å²) in [5, 5.41) is 3.16. The molecule has 5 rings (SSSR count). The number of hydrogen-bond donors (Lipinski definition) is 1. The van der Waals surface area contributed by atoms with Crippen LogP contribution in [0.4, 0.5) is 10.5 Å². The van der Waals surface area contributed by atoms with E-state index in [1.165, 1.54) is 5.56 Å². The Bertz CT molecular complexity index is 1260. The van der Waals surface area contributed by atoms with E-state index in [-0.39, 0.29) is 12.1 Å². The van der Waals surface area contributed by atoms with Gasteiger partial charge in [-0.05, 0) is 60.4 Å². The van der Waals surface area contributed by atoms with E-state index < -0.39 is 0 Å². The second-order valence-corrected chi connectivity index (χ2v) is 8.06. The molecule has 0 spiro atoms. The van der Waals surface area contributed by atoms with Crippen molar-refractivity contribution in [2.45, 2.75) is 26.4 Å². The second-order valence-electron chi connectivity index (χ2n) is 8.06. The highest BCUT2D eigenvalue weighted by molar-refractivity contribution is 5.91. The van der Waals surface area contributed by atoms with Crippen LogP contribution in [0.25, 0.3) is 5.69 Å². The van der Waals surface area contributed by atoms with Gasteiger partial charge >= 0.3 is 6.03 Å². The van der Waals surface area contributed by atoms with Gasteiger partial charge in [0.25, 0.3) is 0 Å². The minimum absolute atomic E-state index is 0.105. The van der Waals surface area contributed by atoms with Gasteiger partial charge in [-0.25, -0.2) is 4.79 Å². The molecule has 31 heavy (non-hydrogen) atoms. The highest BCUT2D eigenvalue weighted by Crippen LogP contribution is 2.38. The summed E-state index contributed by atoms with van der Waals surface area (Å²) in [6.07, 6.45) is 2.09. The summed E-state index contributed by atoms with van der Waals surface area (Å²) in [6.45, 7) is 4.64. The molecule has 4 nitrogen and oxygen atoms in total. The number of carbonyl (C=O) groups is 1. The molecule has 0 radical (unpaired) electrons. The number of fused-ring (bicyclic) bond motifs is 3. The lowest BCUT2D eigenvalue weighted by Gasteiger charge is -2.32. The first-order valence-corrected chi connectivity index (χ1v) is 10.6. The topological polar surface area (TPSA) is 37.3 Å². The van der Waals surface area contributed by atoms with E-state index in [2.05, 4.69) is 65.5 Å². The monoisotopic (exact) mass is 407 g/mol. The van der Waals surface area contributed by atoms with Crippen molar-refractivity contribution in [2.24, 2.45) is 0 Å². The molecule has 1 aromatic heterocycles. The molecule has 3 aromatic carbocycles. The molecule has 4 aromatic rings. The van der Waals surface area contributed by atoms with Crippen molar-refractivity contribution in [3.05, 3.63) is 119 Å². The van der Waals surface area contributed by atoms with Crippen LogP contribution < -0.4 is 5.32 Å². The molecule has 0 saturated heterocycles. The van der Waals surface area contributed by atoms with Crippen molar-refractivity contribution in [3.63, 3.8) is 0 Å². The molecule has 0 fully saturated rings. The van der Waals surface area contributed by atoms with Gasteiger partial charge in [0, 0.05) is 17.6 Å². The molecule has 0 aliphatic carbocycles. The number of carbonyl (C=O) groups excluding carboxylic acids is 1. The summed E-state index contributed by atoms with van der Waals surface area (Å²) in [4.78, 5) is 15.7. The summed E-state index contributed by atoms with van der Waals surface area (Å²) in [6, 6.07) is 28.4. The molecule has 1 aliphatic heterocycles. The molecular formula is C27H25N3O. The van der Waals surface area contributed by atoms with Crippen molar-refractivity contribution in [1.29, 1.82) is 0 Å². The molecule has 4 heteroatoms. The van der Waals surface area contributed by atoms with E-state index >= 15 is 0 Å². The Morgan fingerprint density at radius 3 is 2.35 bits per heavy atom. The average Bonchev–Trinajstić information content (AvgIpc) is 3.21. The third-order valence-electron chi connectivity index (χ3n) is 6.09. The molecule has 1 aliphatic rings. The first kappa shape index (κ1) is 19.2. The molecule has 0 bridgehead atoms. The number of urea groups is 1. The highest BCUT2D eigenvalue weighted by atomic mass is 16.2. The Balaban J connectivity index is 1.66. The van der Waals surface area contributed by atoms with Gasteiger partial charge in [0.05, 0.1) is 12.2 Å². The van der Waals surface area contributed by atoms with Gasteiger partial charge in [-0.3, -0.25) is 0 Å². The molecule has 2 amide bonds. The van der Waals surface area contributed by atoms with Crippen LogP contribution in [-0.4, -0.2) is 15.5 Å². The average molecular weight is 408 g/mol. The maximum Gasteiger partial charge on any atom is 0.322 e. The molecule has 0 saturated carbocycles. The quantitative estimate of drug-likeness (QED) is 0.420.